The van der Waals surface area contributed by atoms with E-state index >= 15 is 0 Å². The molecule has 6 nitrogen and oxygen atoms in total. The molecule has 13 heteroatoms. The Bertz CT molecular complexity index is 674. The summed E-state index contributed by atoms with van der Waals surface area (Å²) in [6, 6.07) is 0.163. The van der Waals surface area contributed by atoms with Crippen LogP contribution in [0.3, 0.4) is 0 Å². The van der Waals surface area contributed by atoms with E-state index in [-0.39, 0.29) is 12.1 Å². The quantitative estimate of drug-likeness (QED) is 0.358. The molecule has 0 bridgehead atoms. The summed E-state index contributed by atoms with van der Waals surface area (Å²) >= 11 is 0. The summed E-state index contributed by atoms with van der Waals surface area (Å²) in [5.41, 5.74) is -3.23. The lowest BCUT2D eigenvalue weighted by molar-refractivity contribution is -0.389. The SMILES string of the molecule is O=[N+]([O-])c1cc(S(=O)(=O)Cl)cc(C(F)F)c1OC(F)(F)F. The number of nitro groups is 1. The van der Waals surface area contributed by atoms with Gasteiger partial charge in [-0.3, -0.25) is 10.1 Å². The van der Waals surface area contributed by atoms with Gasteiger partial charge < -0.3 is 4.74 Å². The molecular weight excluding hydrogens is 353 g/mol. The number of alkyl halides is 5. The van der Waals surface area contributed by atoms with Crippen LogP contribution in [0.5, 0.6) is 5.75 Å². The molecule has 0 saturated carbocycles. The van der Waals surface area contributed by atoms with E-state index in [1.54, 1.807) is 0 Å². The van der Waals surface area contributed by atoms with Crippen LogP contribution in [-0.4, -0.2) is 19.7 Å². The Labute approximate surface area is 117 Å². The smallest absolute Gasteiger partial charge is 0.398 e. The highest BCUT2D eigenvalue weighted by molar-refractivity contribution is 8.13. The number of halogens is 6. The van der Waals surface area contributed by atoms with Gasteiger partial charge in [-0.1, -0.05) is 0 Å². The topological polar surface area (TPSA) is 86.5 Å². The van der Waals surface area contributed by atoms with Crippen molar-refractivity contribution in [3.8, 4) is 5.75 Å². The van der Waals surface area contributed by atoms with Gasteiger partial charge in [-0.05, 0) is 6.07 Å². The number of rotatable bonds is 4. The lowest BCUT2D eigenvalue weighted by Gasteiger charge is -2.13. The minimum atomic E-state index is -5.49. The highest BCUT2D eigenvalue weighted by Crippen LogP contribution is 2.42. The molecule has 118 valence electrons. The molecule has 0 aliphatic rings. The fourth-order valence-electron chi connectivity index (χ4n) is 1.27. The summed E-state index contributed by atoms with van der Waals surface area (Å²) in [5.74, 6) is -1.80. The summed E-state index contributed by atoms with van der Waals surface area (Å²) in [6.07, 6.45) is -9.16. The lowest BCUT2D eigenvalue weighted by Crippen LogP contribution is -2.19. The second-order valence-electron chi connectivity index (χ2n) is 3.40. The number of nitrogens with zero attached hydrogens (tertiary/aromatic N) is 1. The fraction of sp³-hybridized carbons (Fsp3) is 0.250. The summed E-state index contributed by atoms with van der Waals surface area (Å²) < 4.78 is 87.0. The predicted molar refractivity (Wildman–Crippen MR) is 57.8 cm³/mol. The molecular formula is C8H3ClF5NO5S. The molecule has 0 heterocycles. The summed E-state index contributed by atoms with van der Waals surface area (Å²) in [4.78, 5) is 7.98. The zero-order chi connectivity index (χ0) is 16.6. The van der Waals surface area contributed by atoms with Crippen LogP contribution in [0.4, 0.5) is 27.6 Å². The van der Waals surface area contributed by atoms with Gasteiger partial charge in [0.15, 0.2) is 0 Å². The van der Waals surface area contributed by atoms with Crippen molar-refractivity contribution < 1.29 is 40.0 Å². The Hall–Kier alpha value is -1.69. The van der Waals surface area contributed by atoms with Crippen LogP contribution in [0.25, 0.3) is 0 Å². The van der Waals surface area contributed by atoms with Gasteiger partial charge in [0.25, 0.3) is 15.5 Å². The first-order valence-corrected chi connectivity index (χ1v) is 6.94. The molecule has 0 aliphatic heterocycles. The molecule has 0 N–H and O–H groups in total. The molecule has 0 amide bonds. The van der Waals surface area contributed by atoms with Crippen molar-refractivity contribution in [2.45, 2.75) is 17.7 Å². The van der Waals surface area contributed by atoms with Gasteiger partial charge >= 0.3 is 12.0 Å². The highest BCUT2D eigenvalue weighted by atomic mass is 35.7. The normalized spacial score (nSPS) is 12.5. The van der Waals surface area contributed by atoms with Crippen molar-refractivity contribution in [1.29, 1.82) is 0 Å². The maximum absolute atomic E-state index is 12.7. The standard InChI is InChI=1S/C8H3ClF5NO5S/c9-21(18,19)3-1-4(7(10)11)6(20-8(12,13)14)5(2-3)15(16)17/h1-2,7H. The van der Waals surface area contributed by atoms with Crippen LogP contribution in [-0.2, 0) is 9.05 Å². The molecule has 0 radical (unpaired) electrons. The average molecular weight is 356 g/mol. The minimum Gasteiger partial charge on any atom is -0.398 e. The van der Waals surface area contributed by atoms with Crippen LogP contribution in [0.15, 0.2) is 17.0 Å². The number of hydrogen-bond donors (Lipinski definition) is 0. The molecule has 0 aliphatic carbocycles. The first-order valence-electron chi connectivity index (χ1n) is 4.64. The number of ether oxygens (including phenoxy) is 1. The van der Waals surface area contributed by atoms with E-state index in [2.05, 4.69) is 4.74 Å². The van der Waals surface area contributed by atoms with Gasteiger partial charge in [-0.15, -0.1) is 13.2 Å². The third-order valence-electron chi connectivity index (χ3n) is 2.00. The van der Waals surface area contributed by atoms with E-state index < -0.39 is 48.7 Å². The number of hydrogen-bond acceptors (Lipinski definition) is 5. The van der Waals surface area contributed by atoms with Crippen molar-refractivity contribution in [3.05, 3.63) is 27.8 Å². The number of benzene rings is 1. The summed E-state index contributed by atoms with van der Waals surface area (Å²) in [5, 5.41) is 10.6. The molecule has 0 atom stereocenters. The summed E-state index contributed by atoms with van der Waals surface area (Å²) in [6.45, 7) is 0. The number of nitro benzene ring substituents is 1. The van der Waals surface area contributed by atoms with Crippen molar-refractivity contribution in [1.82, 2.24) is 0 Å². The molecule has 1 aromatic rings. The lowest BCUT2D eigenvalue weighted by atomic mass is 10.2. The Morgan fingerprint density at radius 3 is 2.14 bits per heavy atom. The van der Waals surface area contributed by atoms with E-state index in [4.69, 9.17) is 10.7 Å². The minimum absolute atomic E-state index is 0.0705. The average Bonchev–Trinajstić information content (AvgIpc) is 2.24. The molecule has 0 spiro atoms. The third-order valence-corrected chi connectivity index (χ3v) is 3.34. The van der Waals surface area contributed by atoms with E-state index in [1.165, 1.54) is 0 Å². The molecule has 0 fully saturated rings. The summed E-state index contributed by atoms with van der Waals surface area (Å²) in [7, 11) is 0.161. The van der Waals surface area contributed by atoms with Crippen LogP contribution in [0.2, 0.25) is 0 Å². The Kier molecular flexibility index (Phi) is 4.63. The Morgan fingerprint density at radius 2 is 1.81 bits per heavy atom. The first-order chi connectivity index (χ1) is 9.33. The highest BCUT2D eigenvalue weighted by Gasteiger charge is 2.38. The van der Waals surface area contributed by atoms with Crippen LogP contribution < -0.4 is 4.74 Å². The van der Waals surface area contributed by atoms with Crippen molar-refractivity contribution in [3.63, 3.8) is 0 Å². The monoisotopic (exact) mass is 355 g/mol. The maximum atomic E-state index is 12.7. The van der Waals surface area contributed by atoms with Crippen LogP contribution in [0.1, 0.15) is 12.0 Å². The zero-order valence-electron chi connectivity index (χ0n) is 9.40. The van der Waals surface area contributed by atoms with Crippen LogP contribution in [0, 0.1) is 10.1 Å². The van der Waals surface area contributed by atoms with Crippen molar-refractivity contribution in [2.75, 3.05) is 0 Å². The van der Waals surface area contributed by atoms with Crippen molar-refractivity contribution >= 4 is 25.4 Å². The molecule has 21 heavy (non-hydrogen) atoms. The molecule has 0 saturated heterocycles. The largest absolute Gasteiger partial charge is 0.573 e. The van der Waals surface area contributed by atoms with E-state index in [0.29, 0.717) is 0 Å². The van der Waals surface area contributed by atoms with E-state index in [0.717, 1.165) is 0 Å². The predicted octanol–water partition coefficient (Wildman–Crippen LogP) is 3.36. The molecule has 0 aromatic heterocycles. The third kappa shape index (κ3) is 4.39. The zero-order valence-corrected chi connectivity index (χ0v) is 11.0. The van der Waals surface area contributed by atoms with Gasteiger partial charge in [0.1, 0.15) is 0 Å². The van der Waals surface area contributed by atoms with Gasteiger partial charge in [-0.2, -0.15) is 0 Å². The van der Waals surface area contributed by atoms with Gasteiger partial charge in [0, 0.05) is 16.7 Å². The molecule has 0 unspecified atom stereocenters. The van der Waals surface area contributed by atoms with Gasteiger partial charge in [0.05, 0.1) is 15.4 Å². The van der Waals surface area contributed by atoms with E-state index in [9.17, 15) is 40.5 Å². The molecule has 1 aromatic carbocycles. The van der Waals surface area contributed by atoms with Crippen LogP contribution >= 0.6 is 10.7 Å². The molecule has 1 rings (SSSR count). The van der Waals surface area contributed by atoms with Gasteiger partial charge in [-0.25, -0.2) is 17.2 Å². The fourth-order valence-corrected chi connectivity index (χ4v) is 2.06. The first kappa shape index (κ1) is 17.4. The Balaban J connectivity index is 3.71. The Morgan fingerprint density at radius 1 is 1.29 bits per heavy atom. The second kappa shape index (κ2) is 5.60. The van der Waals surface area contributed by atoms with E-state index in [1.807, 2.05) is 0 Å². The van der Waals surface area contributed by atoms with Crippen molar-refractivity contribution in [2.24, 2.45) is 0 Å². The maximum Gasteiger partial charge on any atom is 0.573 e. The van der Waals surface area contributed by atoms with Gasteiger partial charge in [0.2, 0.25) is 5.75 Å². The second-order valence-corrected chi connectivity index (χ2v) is 5.97.